The lowest BCUT2D eigenvalue weighted by molar-refractivity contribution is -0.394. The molecule has 37 heavy (non-hydrogen) atoms. The maximum absolute atomic E-state index is 14.1. The van der Waals surface area contributed by atoms with Crippen LogP contribution in [0.1, 0.15) is 11.1 Å². The molecule has 0 atom stereocenters. The highest BCUT2D eigenvalue weighted by atomic mass is 32.2. The molecule has 2 amide bonds. The minimum Gasteiger partial charge on any atom is -0.493 e. The quantitative estimate of drug-likeness (QED) is 0.206. The largest absolute Gasteiger partial charge is 0.493 e. The number of ether oxygens (including phenoxy) is 2. The van der Waals surface area contributed by atoms with Crippen LogP contribution in [0.3, 0.4) is 0 Å². The van der Waals surface area contributed by atoms with Crippen LogP contribution in [0.4, 0.5) is 20.6 Å². The minimum absolute atomic E-state index is 0.0117. The number of rotatable bonds is 8. The first-order valence-electron chi connectivity index (χ1n) is 10.5. The number of hydrogen-bond acceptors (Lipinski definition) is 9. The molecule has 3 aromatic rings. The Labute approximate surface area is 212 Å². The van der Waals surface area contributed by atoms with E-state index in [2.05, 4.69) is 0 Å². The number of non-ortho nitro benzene ring substituents is 1. The molecule has 1 fully saturated rings. The second-order valence-electron chi connectivity index (χ2n) is 7.51. The minimum atomic E-state index is -0.828. The number of amides is 2. The van der Waals surface area contributed by atoms with Crippen LogP contribution in [0.5, 0.6) is 17.2 Å². The highest BCUT2D eigenvalue weighted by Crippen LogP contribution is 2.42. The zero-order chi connectivity index (χ0) is 26.7. The van der Waals surface area contributed by atoms with Crippen LogP contribution in [-0.4, -0.2) is 33.0 Å². The van der Waals surface area contributed by atoms with Gasteiger partial charge >= 0.3 is 5.69 Å². The molecule has 13 heteroatoms. The third-order valence-corrected chi connectivity index (χ3v) is 6.15. The molecule has 0 unspecified atom stereocenters. The molecule has 11 nitrogen and oxygen atoms in total. The van der Waals surface area contributed by atoms with Crippen LogP contribution in [0.15, 0.2) is 65.6 Å². The number of nitro groups is 2. The molecule has 3 aromatic carbocycles. The lowest BCUT2D eigenvalue weighted by Crippen LogP contribution is -2.27. The molecule has 1 aliphatic rings. The van der Waals surface area contributed by atoms with Gasteiger partial charge in [0.05, 0.1) is 34.5 Å². The summed E-state index contributed by atoms with van der Waals surface area (Å²) in [7, 11) is 1.33. The second kappa shape index (κ2) is 10.5. The third-order valence-electron chi connectivity index (χ3n) is 5.24. The zero-order valence-corrected chi connectivity index (χ0v) is 19.8. The number of para-hydroxylation sites is 1. The zero-order valence-electron chi connectivity index (χ0n) is 19.0. The molecule has 0 spiro atoms. The molecule has 0 saturated carbocycles. The molecule has 0 aromatic heterocycles. The van der Waals surface area contributed by atoms with Gasteiger partial charge < -0.3 is 9.47 Å². The van der Waals surface area contributed by atoms with Gasteiger partial charge in [-0.15, -0.1) is 0 Å². The van der Waals surface area contributed by atoms with Crippen molar-refractivity contribution in [2.45, 2.75) is 6.54 Å². The summed E-state index contributed by atoms with van der Waals surface area (Å²) in [5.41, 5.74) is -0.746. The molecule has 0 bridgehead atoms. The fourth-order valence-corrected chi connectivity index (χ4v) is 4.28. The van der Waals surface area contributed by atoms with E-state index in [1.54, 1.807) is 12.1 Å². The highest BCUT2D eigenvalue weighted by molar-refractivity contribution is 8.18. The van der Waals surface area contributed by atoms with E-state index in [1.807, 2.05) is 0 Å². The SMILES string of the molecule is COc1cccc(/C=C2\SC(=O)N(Cc3ccccc3F)C2=O)c1Oc1ccc([N+](=O)[O-])cc1[N+](=O)[O-]. The number of thioether (sulfide) groups is 1. The maximum Gasteiger partial charge on any atom is 0.318 e. The Kier molecular flexibility index (Phi) is 7.15. The number of imide groups is 1. The van der Waals surface area contributed by atoms with E-state index in [9.17, 15) is 34.2 Å². The van der Waals surface area contributed by atoms with Crippen LogP contribution in [0.25, 0.3) is 6.08 Å². The van der Waals surface area contributed by atoms with Gasteiger partial charge in [0, 0.05) is 17.2 Å². The Morgan fingerprint density at radius 3 is 2.43 bits per heavy atom. The summed E-state index contributed by atoms with van der Waals surface area (Å²) in [4.78, 5) is 47.4. The number of carbonyl (C=O) groups excluding carboxylic acids is 2. The molecule has 0 N–H and O–H groups in total. The Morgan fingerprint density at radius 1 is 1.00 bits per heavy atom. The van der Waals surface area contributed by atoms with Crippen molar-refractivity contribution >= 4 is 40.4 Å². The highest BCUT2D eigenvalue weighted by Gasteiger charge is 2.36. The van der Waals surface area contributed by atoms with Gasteiger partial charge in [0.15, 0.2) is 11.5 Å². The van der Waals surface area contributed by atoms with Gasteiger partial charge in [-0.05, 0) is 36.0 Å². The Balaban J connectivity index is 1.70. The Morgan fingerprint density at radius 2 is 1.76 bits per heavy atom. The Bertz CT molecular complexity index is 1480. The Hall–Kier alpha value is -4.78. The average Bonchev–Trinajstić information content (AvgIpc) is 3.13. The monoisotopic (exact) mass is 525 g/mol. The predicted molar refractivity (Wildman–Crippen MR) is 131 cm³/mol. The van der Waals surface area contributed by atoms with Crippen LogP contribution in [0, 0.1) is 26.0 Å². The van der Waals surface area contributed by atoms with E-state index < -0.39 is 38.2 Å². The van der Waals surface area contributed by atoms with Gasteiger partial charge in [-0.25, -0.2) is 4.39 Å². The molecular weight excluding hydrogens is 509 g/mol. The molecular formula is C24H16FN3O8S. The summed E-state index contributed by atoms with van der Waals surface area (Å²) in [6, 6.07) is 13.3. The van der Waals surface area contributed by atoms with Crippen molar-refractivity contribution in [3.05, 3.63) is 103 Å². The fraction of sp³-hybridized carbons (Fsp3) is 0.0833. The van der Waals surface area contributed by atoms with Gasteiger partial charge in [-0.1, -0.05) is 30.3 Å². The topological polar surface area (TPSA) is 142 Å². The first-order chi connectivity index (χ1) is 17.7. The summed E-state index contributed by atoms with van der Waals surface area (Å²) in [6.07, 6.45) is 1.35. The number of methoxy groups -OCH3 is 1. The summed E-state index contributed by atoms with van der Waals surface area (Å²) in [6.45, 7) is -0.259. The van der Waals surface area contributed by atoms with E-state index in [0.29, 0.717) is 11.8 Å². The maximum atomic E-state index is 14.1. The third kappa shape index (κ3) is 5.26. The van der Waals surface area contributed by atoms with E-state index in [1.165, 1.54) is 43.5 Å². The van der Waals surface area contributed by atoms with Gasteiger partial charge in [0.2, 0.25) is 5.75 Å². The van der Waals surface area contributed by atoms with Crippen LogP contribution in [-0.2, 0) is 11.3 Å². The fourth-order valence-electron chi connectivity index (χ4n) is 3.45. The molecule has 0 radical (unpaired) electrons. The lowest BCUT2D eigenvalue weighted by Gasteiger charge is -2.14. The first-order valence-corrected chi connectivity index (χ1v) is 11.3. The van der Waals surface area contributed by atoms with Crippen LogP contribution < -0.4 is 9.47 Å². The summed E-state index contributed by atoms with van der Waals surface area (Å²) in [5.74, 6) is -1.40. The van der Waals surface area contributed by atoms with E-state index in [-0.39, 0.29) is 39.8 Å². The van der Waals surface area contributed by atoms with Crippen molar-refractivity contribution in [1.82, 2.24) is 4.90 Å². The van der Waals surface area contributed by atoms with Crippen molar-refractivity contribution in [2.24, 2.45) is 0 Å². The summed E-state index contributed by atoms with van der Waals surface area (Å²) < 4.78 is 25.1. The molecule has 1 aliphatic heterocycles. The second-order valence-corrected chi connectivity index (χ2v) is 8.50. The number of nitro benzene ring substituents is 2. The van der Waals surface area contributed by atoms with Crippen molar-refractivity contribution < 1.29 is 33.3 Å². The number of nitrogens with zero attached hydrogens (tertiary/aromatic N) is 3. The normalized spacial score (nSPS) is 14.2. The molecule has 188 valence electrons. The van der Waals surface area contributed by atoms with Gasteiger partial charge in [-0.2, -0.15) is 0 Å². The van der Waals surface area contributed by atoms with Gasteiger partial charge in [-0.3, -0.25) is 34.7 Å². The average molecular weight is 525 g/mol. The van der Waals surface area contributed by atoms with E-state index >= 15 is 0 Å². The number of benzene rings is 3. The van der Waals surface area contributed by atoms with Crippen molar-refractivity contribution in [2.75, 3.05) is 7.11 Å². The van der Waals surface area contributed by atoms with E-state index in [0.717, 1.165) is 23.1 Å². The van der Waals surface area contributed by atoms with Gasteiger partial charge in [0.1, 0.15) is 5.82 Å². The van der Waals surface area contributed by atoms with E-state index in [4.69, 9.17) is 9.47 Å². The first kappa shape index (κ1) is 25.3. The lowest BCUT2D eigenvalue weighted by atomic mass is 10.1. The number of hydrogen-bond donors (Lipinski definition) is 0. The van der Waals surface area contributed by atoms with Crippen LogP contribution in [0.2, 0.25) is 0 Å². The van der Waals surface area contributed by atoms with Crippen molar-refractivity contribution in [3.63, 3.8) is 0 Å². The number of carbonyl (C=O) groups is 2. The molecule has 4 rings (SSSR count). The predicted octanol–water partition coefficient (Wildman–Crippen LogP) is 5.68. The van der Waals surface area contributed by atoms with Crippen molar-refractivity contribution in [3.8, 4) is 17.2 Å². The van der Waals surface area contributed by atoms with Crippen LogP contribution >= 0.6 is 11.8 Å². The molecule has 1 saturated heterocycles. The number of halogens is 1. The standard InChI is InChI=1S/C24H16FN3O8S/c1-35-20-8-4-6-14(22(20)36-19-10-9-16(27(31)32)12-18(19)28(33)34)11-21-23(29)26(24(30)37-21)13-15-5-2-3-7-17(15)25/h2-12H,13H2,1H3/b21-11-. The smallest absolute Gasteiger partial charge is 0.318 e. The molecule has 1 heterocycles. The summed E-state index contributed by atoms with van der Waals surface area (Å²) in [5, 5.41) is 22.0. The van der Waals surface area contributed by atoms with Crippen molar-refractivity contribution in [1.29, 1.82) is 0 Å². The molecule has 0 aliphatic carbocycles. The van der Waals surface area contributed by atoms with Gasteiger partial charge in [0.25, 0.3) is 16.8 Å². The summed E-state index contributed by atoms with van der Waals surface area (Å²) >= 11 is 0.640.